The summed E-state index contributed by atoms with van der Waals surface area (Å²) < 4.78 is 13.8. The zero-order valence-electron chi connectivity index (χ0n) is 16.5. The Balaban J connectivity index is 1.91. The molecule has 2 rings (SSSR count). The molecule has 2 aromatic carbocycles. The van der Waals surface area contributed by atoms with Crippen molar-refractivity contribution in [3.05, 3.63) is 66.0 Å². The number of hydrogen-bond donors (Lipinski definition) is 2. The fraction of sp³-hybridized carbons (Fsp3) is 0.364. The molecule has 28 heavy (non-hydrogen) atoms. The van der Waals surface area contributed by atoms with E-state index in [-0.39, 0.29) is 30.6 Å². The van der Waals surface area contributed by atoms with Gasteiger partial charge in [-0.05, 0) is 31.0 Å². The molecular formula is C22H28FN3O2. The Hall–Kier alpha value is -2.89. The van der Waals surface area contributed by atoms with Crippen LogP contribution < -0.4 is 10.6 Å². The van der Waals surface area contributed by atoms with E-state index in [1.807, 2.05) is 44.2 Å². The first-order valence-corrected chi connectivity index (χ1v) is 9.66. The lowest BCUT2D eigenvalue weighted by molar-refractivity contribution is -0.121. The highest BCUT2D eigenvalue weighted by Crippen LogP contribution is 2.14. The number of carbonyl (C=O) groups excluding carboxylic acids is 2. The van der Waals surface area contributed by atoms with E-state index in [4.69, 9.17) is 0 Å². The maximum Gasteiger partial charge on any atom is 0.321 e. The maximum absolute atomic E-state index is 13.8. The fourth-order valence-corrected chi connectivity index (χ4v) is 2.80. The van der Waals surface area contributed by atoms with Gasteiger partial charge in [0, 0.05) is 19.5 Å². The second kappa shape index (κ2) is 11.1. The standard InChI is InChI=1S/C22H28FN3O2/c1-3-4-15-26(22(28)25-20-13-9-8-12-19(20)23)16-14-21(27)24-17(2)18-10-6-5-7-11-18/h5-13,17H,3-4,14-16H2,1-2H3,(H,24,27)(H,25,28). The summed E-state index contributed by atoms with van der Waals surface area (Å²) in [6, 6.07) is 15.2. The molecule has 0 aromatic heterocycles. The zero-order valence-corrected chi connectivity index (χ0v) is 16.5. The van der Waals surface area contributed by atoms with Crippen LogP contribution in [0.1, 0.15) is 44.7 Å². The lowest BCUT2D eigenvalue weighted by Gasteiger charge is -2.23. The van der Waals surface area contributed by atoms with Gasteiger partial charge in [-0.3, -0.25) is 4.79 Å². The van der Waals surface area contributed by atoms with Crippen LogP contribution in [0.3, 0.4) is 0 Å². The van der Waals surface area contributed by atoms with Crippen LogP contribution in [0, 0.1) is 5.82 Å². The van der Waals surface area contributed by atoms with Crippen molar-refractivity contribution in [2.45, 2.75) is 39.2 Å². The van der Waals surface area contributed by atoms with Gasteiger partial charge in [-0.25, -0.2) is 9.18 Å². The lowest BCUT2D eigenvalue weighted by atomic mass is 10.1. The first-order chi connectivity index (χ1) is 13.5. The monoisotopic (exact) mass is 385 g/mol. The number of para-hydroxylation sites is 1. The van der Waals surface area contributed by atoms with Crippen molar-refractivity contribution in [1.29, 1.82) is 0 Å². The average Bonchev–Trinajstić information content (AvgIpc) is 2.70. The molecule has 150 valence electrons. The molecule has 0 aliphatic rings. The van der Waals surface area contributed by atoms with Gasteiger partial charge in [0.1, 0.15) is 5.82 Å². The molecule has 2 N–H and O–H groups in total. The summed E-state index contributed by atoms with van der Waals surface area (Å²) in [6.45, 7) is 4.74. The van der Waals surface area contributed by atoms with Crippen LogP contribution in [0.15, 0.2) is 54.6 Å². The van der Waals surface area contributed by atoms with Crippen molar-refractivity contribution in [2.75, 3.05) is 18.4 Å². The Morgan fingerprint density at radius 3 is 2.39 bits per heavy atom. The van der Waals surface area contributed by atoms with Gasteiger partial charge in [0.2, 0.25) is 5.91 Å². The zero-order chi connectivity index (χ0) is 20.4. The van der Waals surface area contributed by atoms with E-state index in [0.29, 0.717) is 6.54 Å². The smallest absolute Gasteiger partial charge is 0.321 e. The largest absolute Gasteiger partial charge is 0.350 e. The highest BCUT2D eigenvalue weighted by atomic mass is 19.1. The van der Waals surface area contributed by atoms with Crippen LogP contribution >= 0.6 is 0 Å². The Kier molecular flexibility index (Phi) is 8.46. The van der Waals surface area contributed by atoms with Crippen molar-refractivity contribution in [1.82, 2.24) is 10.2 Å². The molecule has 3 amide bonds. The molecule has 0 saturated heterocycles. The summed E-state index contributed by atoms with van der Waals surface area (Å²) in [6.07, 6.45) is 1.92. The minimum absolute atomic E-state index is 0.106. The highest BCUT2D eigenvalue weighted by Gasteiger charge is 2.17. The SMILES string of the molecule is CCCCN(CCC(=O)NC(C)c1ccccc1)C(=O)Nc1ccccc1F. The number of unbranched alkanes of at least 4 members (excludes halogenated alkanes) is 1. The second-order valence-electron chi connectivity index (χ2n) is 6.70. The van der Waals surface area contributed by atoms with E-state index in [1.54, 1.807) is 17.0 Å². The molecule has 0 aliphatic heterocycles. The van der Waals surface area contributed by atoms with Crippen LogP contribution in [-0.4, -0.2) is 29.9 Å². The number of hydrogen-bond acceptors (Lipinski definition) is 2. The van der Waals surface area contributed by atoms with Gasteiger partial charge in [0.15, 0.2) is 0 Å². The molecule has 0 aliphatic carbocycles. The molecule has 0 radical (unpaired) electrons. The summed E-state index contributed by atoms with van der Waals surface area (Å²) in [5, 5.41) is 5.54. The summed E-state index contributed by atoms with van der Waals surface area (Å²) in [7, 11) is 0. The molecule has 1 atom stereocenters. The van der Waals surface area contributed by atoms with Crippen LogP contribution in [0.2, 0.25) is 0 Å². The molecular weight excluding hydrogens is 357 g/mol. The molecule has 1 unspecified atom stereocenters. The van der Waals surface area contributed by atoms with Crippen molar-refractivity contribution in [3.63, 3.8) is 0 Å². The first kappa shape index (κ1) is 21.4. The number of nitrogens with one attached hydrogen (secondary N) is 2. The van der Waals surface area contributed by atoms with Crippen LogP contribution in [0.5, 0.6) is 0 Å². The van der Waals surface area contributed by atoms with Crippen LogP contribution in [-0.2, 0) is 4.79 Å². The van der Waals surface area contributed by atoms with Gasteiger partial charge in [-0.15, -0.1) is 0 Å². The van der Waals surface area contributed by atoms with Crippen molar-refractivity contribution in [3.8, 4) is 0 Å². The quantitative estimate of drug-likeness (QED) is 0.656. The van der Waals surface area contributed by atoms with E-state index < -0.39 is 11.8 Å². The minimum atomic E-state index is -0.485. The van der Waals surface area contributed by atoms with Gasteiger partial charge < -0.3 is 15.5 Å². The molecule has 0 saturated carbocycles. The highest BCUT2D eigenvalue weighted by molar-refractivity contribution is 5.89. The fourth-order valence-electron chi connectivity index (χ4n) is 2.80. The minimum Gasteiger partial charge on any atom is -0.350 e. The van der Waals surface area contributed by atoms with Crippen LogP contribution in [0.4, 0.5) is 14.9 Å². The predicted octanol–water partition coefficient (Wildman–Crippen LogP) is 4.73. The van der Waals surface area contributed by atoms with Gasteiger partial charge in [-0.2, -0.15) is 0 Å². The van der Waals surface area contributed by atoms with Gasteiger partial charge in [0.25, 0.3) is 0 Å². The molecule has 0 bridgehead atoms. The van der Waals surface area contributed by atoms with E-state index in [9.17, 15) is 14.0 Å². The van der Waals surface area contributed by atoms with Crippen LogP contribution in [0.25, 0.3) is 0 Å². The number of anilines is 1. The number of nitrogens with zero attached hydrogens (tertiary/aromatic N) is 1. The third-order valence-electron chi connectivity index (χ3n) is 4.47. The normalized spacial score (nSPS) is 11.5. The molecule has 2 aromatic rings. The number of halogens is 1. The Morgan fingerprint density at radius 1 is 1.04 bits per heavy atom. The van der Waals surface area contributed by atoms with Gasteiger partial charge in [0.05, 0.1) is 11.7 Å². The summed E-state index contributed by atoms with van der Waals surface area (Å²) in [5.41, 5.74) is 1.16. The number of carbonyl (C=O) groups is 2. The molecule has 6 heteroatoms. The Morgan fingerprint density at radius 2 is 1.71 bits per heavy atom. The molecule has 0 spiro atoms. The van der Waals surface area contributed by atoms with Crippen molar-refractivity contribution in [2.24, 2.45) is 0 Å². The Bertz CT molecular complexity index is 767. The van der Waals surface area contributed by atoms with Crippen molar-refractivity contribution >= 4 is 17.6 Å². The topological polar surface area (TPSA) is 61.4 Å². The van der Waals surface area contributed by atoms with Gasteiger partial charge in [-0.1, -0.05) is 55.8 Å². The van der Waals surface area contributed by atoms with Gasteiger partial charge >= 0.3 is 6.03 Å². The molecule has 0 heterocycles. The van der Waals surface area contributed by atoms with E-state index in [1.165, 1.54) is 12.1 Å². The summed E-state index contributed by atoms with van der Waals surface area (Å²) in [4.78, 5) is 26.4. The average molecular weight is 385 g/mol. The maximum atomic E-state index is 13.8. The van der Waals surface area contributed by atoms with E-state index in [0.717, 1.165) is 18.4 Å². The van der Waals surface area contributed by atoms with E-state index >= 15 is 0 Å². The second-order valence-corrected chi connectivity index (χ2v) is 6.70. The molecule has 5 nitrogen and oxygen atoms in total. The number of benzene rings is 2. The molecule has 0 fully saturated rings. The number of rotatable bonds is 9. The number of amides is 3. The Labute approximate surface area is 165 Å². The predicted molar refractivity (Wildman–Crippen MR) is 110 cm³/mol. The number of urea groups is 1. The summed E-state index contributed by atoms with van der Waals surface area (Å²) >= 11 is 0. The third-order valence-corrected chi connectivity index (χ3v) is 4.47. The summed E-state index contributed by atoms with van der Waals surface area (Å²) in [5.74, 6) is -0.614. The van der Waals surface area contributed by atoms with Crippen molar-refractivity contribution < 1.29 is 14.0 Å². The first-order valence-electron chi connectivity index (χ1n) is 9.66. The van der Waals surface area contributed by atoms with E-state index in [2.05, 4.69) is 10.6 Å². The lowest BCUT2D eigenvalue weighted by Crippen LogP contribution is -2.39. The third kappa shape index (κ3) is 6.68.